The van der Waals surface area contributed by atoms with Gasteiger partial charge in [0.05, 0.1) is 45.1 Å². The van der Waals surface area contributed by atoms with Crippen LogP contribution < -0.4 is 0 Å². The van der Waals surface area contributed by atoms with Crippen LogP contribution in [0.2, 0.25) is 0 Å². The minimum atomic E-state index is -0.125. The van der Waals surface area contributed by atoms with Crippen LogP contribution in [-0.4, -0.2) is 63.5 Å². The molecule has 0 aliphatic heterocycles. The van der Waals surface area contributed by atoms with Crippen molar-refractivity contribution in [2.45, 2.75) is 317 Å². The summed E-state index contributed by atoms with van der Waals surface area (Å²) in [4.78, 5) is 64.9. The molecule has 768 valence electrons. The SMILES string of the molecule is CC(=O)C=C(C)O.CCC(CC)C(=O)C=C(O)C(CC)CC.CCCc1cc(-c2[c-]c(C)cc(C)c2)nc2ccccc12.CCCc1cc(-c2[c-]c(C)cc(C)c2)nc2ccccc12.CCCc1cccc2nc(-c3[c-]c(C)cc(C)c3)ccc12.CCCc1cccc2nc(-c3[c-]c(C)cc(C)c3)ccc12.O=C(C=C(O)C1CCCC1)C1CCCC1.O=C(C=C(O)C1CCCCC1)C1CCCCC1.[Ir].[Ir].[Ir].[Ir]. The van der Waals surface area contributed by atoms with Crippen molar-refractivity contribution < 1.29 is 120 Å². The van der Waals surface area contributed by atoms with Gasteiger partial charge in [-0.3, -0.25) is 39.1 Å². The van der Waals surface area contributed by atoms with Gasteiger partial charge in [0.25, 0.3) is 0 Å². The molecule has 4 heterocycles. The molecule has 4 N–H and O–H groups in total. The number of carbonyl (C=O) groups is 4. The molecule has 4 aliphatic carbocycles. The summed E-state index contributed by atoms with van der Waals surface area (Å²) in [6.07, 6.45) is 38.5. The number of benzene rings is 8. The first-order valence-electron chi connectivity index (χ1n) is 51.7. The molecule has 4 radical (unpaired) electrons. The Morgan fingerprint density at radius 1 is 0.317 bits per heavy atom. The van der Waals surface area contributed by atoms with E-state index in [0.717, 1.165) is 218 Å². The Bertz CT molecular complexity index is 5700. The Kier molecular flexibility index (Phi) is 56.1. The van der Waals surface area contributed by atoms with E-state index in [1.54, 1.807) is 6.08 Å². The average molecular weight is 2620 g/mol. The van der Waals surface area contributed by atoms with Gasteiger partial charge in [0.15, 0.2) is 23.1 Å². The monoisotopic (exact) mass is 2630 g/mol. The van der Waals surface area contributed by atoms with Crippen molar-refractivity contribution in [3.8, 4) is 45.0 Å². The summed E-state index contributed by atoms with van der Waals surface area (Å²) < 4.78 is 0. The van der Waals surface area contributed by atoms with Gasteiger partial charge in [-0.25, -0.2) is 0 Å². The number of para-hydroxylation sites is 2. The Morgan fingerprint density at radius 2 is 0.599 bits per heavy atom. The Balaban J connectivity index is 0.000000288. The van der Waals surface area contributed by atoms with Gasteiger partial charge in [-0.1, -0.05) is 298 Å². The summed E-state index contributed by atoms with van der Waals surface area (Å²) in [6, 6.07) is 73.6. The molecule has 4 saturated carbocycles. The number of fused-ring (bicyclic) bond motifs is 4. The zero-order valence-electron chi connectivity index (χ0n) is 87.7. The zero-order valence-corrected chi connectivity index (χ0v) is 97.3. The van der Waals surface area contributed by atoms with Gasteiger partial charge >= 0.3 is 0 Å². The van der Waals surface area contributed by atoms with Gasteiger partial charge in [0, 0.05) is 162 Å². The second-order valence-corrected chi connectivity index (χ2v) is 38.7. The third kappa shape index (κ3) is 39.3. The van der Waals surface area contributed by atoms with Crippen molar-refractivity contribution in [1.29, 1.82) is 0 Å². The largest absolute Gasteiger partial charge is 0.512 e. The molecule has 4 fully saturated rings. The third-order valence-electron chi connectivity index (χ3n) is 26.7. The molecule has 16 rings (SSSR count). The van der Waals surface area contributed by atoms with Gasteiger partial charge in [-0.15, -0.1) is 140 Å². The topological polar surface area (TPSA) is 201 Å². The van der Waals surface area contributed by atoms with E-state index in [-0.39, 0.29) is 151 Å². The van der Waals surface area contributed by atoms with Crippen LogP contribution in [0.15, 0.2) is 217 Å². The molecule has 0 bridgehead atoms. The van der Waals surface area contributed by atoms with E-state index in [9.17, 15) is 34.5 Å². The van der Waals surface area contributed by atoms with E-state index in [1.165, 1.54) is 162 Å². The molecule has 16 heteroatoms. The number of pyridine rings is 4. The van der Waals surface area contributed by atoms with Gasteiger partial charge in [-0.05, 0) is 186 Å². The molecule has 0 saturated heterocycles. The number of aromatic nitrogens is 4. The summed E-state index contributed by atoms with van der Waals surface area (Å²) >= 11 is 0. The Morgan fingerprint density at radius 3 is 0.894 bits per heavy atom. The summed E-state index contributed by atoms with van der Waals surface area (Å²) in [5.74, 6) is 2.46. The van der Waals surface area contributed by atoms with Crippen molar-refractivity contribution in [3.63, 3.8) is 0 Å². The molecule has 4 aliphatic rings. The third-order valence-corrected chi connectivity index (χ3v) is 26.7. The summed E-state index contributed by atoms with van der Waals surface area (Å²) in [5.41, 5.74) is 27.9. The van der Waals surface area contributed by atoms with Crippen LogP contribution in [0.1, 0.15) is 303 Å². The number of aliphatic hydroxyl groups excluding tert-OH is 4. The van der Waals surface area contributed by atoms with Gasteiger partial charge < -0.3 is 20.4 Å². The fraction of sp³-hybridized carbons (Fsp3) is 0.429. The molecule has 142 heavy (non-hydrogen) atoms. The first-order valence-corrected chi connectivity index (χ1v) is 51.7. The number of ketones is 4. The van der Waals surface area contributed by atoms with E-state index in [1.807, 2.05) is 27.7 Å². The maximum Gasteiger partial charge on any atom is 0.162 e. The van der Waals surface area contributed by atoms with Crippen molar-refractivity contribution in [3.05, 3.63) is 308 Å². The van der Waals surface area contributed by atoms with E-state index in [0.29, 0.717) is 11.5 Å². The molecule has 8 aromatic carbocycles. The van der Waals surface area contributed by atoms with E-state index in [2.05, 4.69) is 277 Å². The zero-order chi connectivity index (χ0) is 99.7. The smallest absolute Gasteiger partial charge is 0.162 e. The molecule has 0 spiro atoms. The molecule has 0 atom stereocenters. The van der Waals surface area contributed by atoms with Crippen LogP contribution in [0.5, 0.6) is 0 Å². The number of hydrogen-bond donors (Lipinski definition) is 4. The minimum Gasteiger partial charge on any atom is -0.512 e. The van der Waals surface area contributed by atoms with Crippen LogP contribution in [0, 0.1) is 115 Å². The number of hydrogen-bond acceptors (Lipinski definition) is 12. The first kappa shape index (κ1) is 123. The standard InChI is InChI=1S/4C20H20N.C15H24O2.C13H20O2.C13H24O2.C5H8O2.4Ir/c2*1-4-7-16-13-20(17-11-14(2)10-15(3)12-17)21-19-9-6-5-8-18(16)19;2*1-4-6-16-7-5-8-20-18(16)9-10-19(21-20)17-12-14(2)11-15(3)13-17;16-14(12-7-3-1-4-8-12)11-15(17)13-9-5-2-6-10-13;14-12(10-5-1-2-6-10)9-13(15)11-7-3-4-8-11;1-5-10(6-2)12(14)9-13(15)11(7-3)8-4;1-4(6)3-5(2)7;;;;/h2*5-6,8-11,13H,4,7H2,1-3H3;2*5,7-12H,4,6H2,1-3H3;11-13,16H,1-10H2;9-11,14H,1-8H2;9-11,14H,5-8H2,1-4H3;3,6H,1-2H3;;;;/q4*-1;;;;;;;;. The van der Waals surface area contributed by atoms with Crippen molar-refractivity contribution >= 4 is 66.7 Å². The molecular weight excluding hydrogens is 2470 g/mol. The normalized spacial score (nSPS) is 14.0. The minimum absolute atomic E-state index is 0. The predicted octanol–water partition coefficient (Wildman–Crippen LogP) is 33.5. The second-order valence-electron chi connectivity index (χ2n) is 38.7. The Hall–Kier alpha value is -9.16. The van der Waals surface area contributed by atoms with Crippen molar-refractivity contribution in [2.75, 3.05) is 0 Å². The van der Waals surface area contributed by atoms with Crippen molar-refractivity contribution in [1.82, 2.24) is 19.9 Å². The quantitative estimate of drug-likeness (QED) is 0.0227. The summed E-state index contributed by atoms with van der Waals surface area (Å²) in [5, 5.41) is 43.0. The van der Waals surface area contributed by atoms with Crippen molar-refractivity contribution in [2.24, 2.45) is 35.5 Å². The van der Waals surface area contributed by atoms with Crippen LogP contribution in [0.3, 0.4) is 0 Å². The van der Waals surface area contributed by atoms with Crippen LogP contribution in [-0.2, 0) is 125 Å². The van der Waals surface area contributed by atoms with E-state index < -0.39 is 0 Å². The second kappa shape index (κ2) is 64.7. The van der Waals surface area contributed by atoms with Crippen LogP contribution in [0.25, 0.3) is 88.6 Å². The maximum atomic E-state index is 12.0. The number of rotatable bonds is 26. The molecule has 4 aromatic heterocycles. The van der Waals surface area contributed by atoms with E-state index >= 15 is 0 Å². The van der Waals surface area contributed by atoms with E-state index in [4.69, 9.17) is 25.0 Å². The molecule has 0 unspecified atom stereocenters. The van der Waals surface area contributed by atoms with Gasteiger partial charge in [0.1, 0.15) is 0 Å². The molecule has 12 aromatic rings. The number of aryl methyl sites for hydroxylation is 12. The molecule has 12 nitrogen and oxygen atoms in total. The summed E-state index contributed by atoms with van der Waals surface area (Å²) in [7, 11) is 0. The molecular formula is C126H156Ir4N4O8-4. The average Bonchev–Trinajstić information content (AvgIpc) is 1.16. The fourth-order valence-corrected chi connectivity index (χ4v) is 19.6. The maximum absolute atomic E-state index is 12.0. The number of nitrogens with zero attached hydrogens (tertiary/aromatic N) is 4. The number of carbonyl (C=O) groups excluding carboxylic acids is 4. The molecule has 0 amide bonds. The van der Waals surface area contributed by atoms with Gasteiger partial charge in [0.2, 0.25) is 0 Å². The summed E-state index contributed by atoms with van der Waals surface area (Å²) in [6.45, 7) is 36.6. The Labute approximate surface area is 905 Å². The number of aliphatic hydroxyl groups is 4. The van der Waals surface area contributed by atoms with Gasteiger partial charge in [-0.2, -0.15) is 0 Å². The van der Waals surface area contributed by atoms with Crippen LogP contribution >= 0.6 is 0 Å². The van der Waals surface area contributed by atoms with Crippen LogP contribution in [0.4, 0.5) is 0 Å². The first-order chi connectivity index (χ1) is 66.4. The predicted molar refractivity (Wildman–Crippen MR) is 577 cm³/mol. The number of allylic oxidation sites excluding steroid dienone is 8. The fourth-order valence-electron chi connectivity index (χ4n) is 19.6.